The minimum absolute atomic E-state index is 0.0780. The zero-order chi connectivity index (χ0) is 14.9. The van der Waals surface area contributed by atoms with Gasteiger partial charge >= 0.3 is 5.97 Å². The summed E-state index contributed by atoms with van der Waals surface area (Å²) in [5, 5.41) is 19.3. The molecule has 0 aliphatic carbocycles. The number of hydrogen-bond acceptors (Lipinski definition) is 3. The van der Waals surface area contributed by atoms with Gasteiger partial charge in [0, 0.05) is 10.1 Å². The van der Waals surface area contributed by atoms with Crippen LogP contribution in [0.15, 0.2) is 12.1 Å². The largest absolute Gasteiger partial charge is 0.506 e. The Morgan fingerprint density at radius 2 is 1.95 bits per heavy atom. The van der Waals surface area contributed by atoms with Gasteiger partial charge in [0.05, 0.1) is 9.13 Å². The molecule has 108 valence electrons. The number of aromatic hydroxyl groups is 1. The van der Waals surface area contributed by atoms with E-state index in [1.165, 1.54) is 4.90 Å². The van der Waals surface area contributed by atoms with Gasteiger partial charge in [0.25, 0.3) is 5.91 Å². The Labute approximate surface area is 143 Å². The first kappa shape index (κ1) is 15.8. The number of benzene rings is 1. The normalized spacial score (nSPS) is 18.9. The van der Waals surface area contributed by atoms with E-state index in [1.807, 2.05) is 22.6 Å². The van der Waals surface area contributed by atoms with E-state index in [0.29, 0.717) is 16.5 Å². The standard InChI is InChI=1S/C13H13I2NO4/c14-7-5-8(11(17)9(15)6-7)12(18)16-4-2-1-3-10(16)13(19)20/h5-6,10,17H,1-4H2,(H,19,20)/t10-/m1/s1. The van der Waals surface area contributed by atoms with Gasteiger partial charge in [-0.3, -0.25) is 4.79 Å². The summed E-state index contributed by atoms with van der Waals surface area (Å²) in [6.45, 7) is 0.414. The van der Waals surface area contributed by atoms with Crippen LogP contribution in [0.25, 0.3) is 0 Å². The fraction of sp³-hybridized carbons (Fsp3) is 0.385. The molecule has 1 aromatic rings. The molecular formula is C13H13I2NO4. The molecule has 2 N–H and O–H groups in total. The molecule has 20 heavy (non-hydrogen) atoms. The predicted molar refractivity (Wildman–Crippen MR) is 89.9 cm³/mol. The van der Waals surface area contributed by atoms with Crippen molar-refractivity contribution in [2.45, 2.75) is 25.3 Å². The summed E-state index contributed by atoms with van der Waals surface area (Å²) in [6, 6.07) is 2.55. The second kappa shape index (κ2) is 6.46. The summed E-state index contributed by atoms with van der Waals surface area (Å²) in [4.78, 5) is 25.1. The number of phenols is 1. The Hall–Kier alpha value is -0.580. The van der Waals surface area contributed by atoms with Crippen LogP contribution >= 0.6 is 45.2 Å². The predicted octanol–water partition coefficient (Wildman–Crippen LogP) is 2.68. The van der Waals surface area contributed by atoms with Crippen molar-refractivity contribution in [1.82, 2.24) is 4.90 Å². The monoisotopic (exact) mass is 501 g/mol. The van der Waals surface area contributed by atoms with Crippen molar-refractivity contribution in [3.8, 4) is 5.75 Å². The minimum atomic E-state index is -0.988. The maximum absolute atomic E-state index is 12.5. The summed E-state index contributed by atoms with van der Waals surface area (Å²) in [5.74, 6) is -1.48. The van der Waals surface area contributed by atoms with Gasteiger partial charge in [0.2, 0.25) is 0 Å². The summed E-state index contributed by atoms with van der Waals surface area (Å²) in [7, 11) is 0. The third-order valence-corrected chi connectivity index (χ3v) is 4.75. The molecule has 7 heteroatoms. The first-order valence-electron chi connectivity index (χ1n) is 6.13. The Morgan fingerprint density at radius 3 is 2.60 bits per heavy atom. The third kappa shape index (κ3) is 3.18. The number of phenolic OH excluding ortho intramolecular Hbond substituents is 1. The lowest BCUT2D eigenvalue weighted by Gasteiger charge is -2.33. The van der Waals surface area contributed by atoms with Gasteiger partial charge in [0.15, 0.2) is 0 Å². The fourth-order valence-corrected chi connectivity index (χ4v) is 4.16. The average molecular weight is 501 g/mol. The molecule has 0 bridgehead atoms. The van der Waals surface area contributed by atoms with Crippen LogP contribution in [0.1, 0.15) is 29.6 Å². The maximum atomic E-state index is 12.5. The molecule has 0 unspecified atom stereocenters. The number of rotatable bonds is 2. The summed E-state index contributed by atoms with van der Waals surface area (Å²) >= 11 is 4.02. The quantitative estimate of drug-likeness (QED) is 0.612. The van der Waals surface area contributed by atoms with Crippen molar-refractivity contribution in [3.63, 3.8) is 0 Å². The summed E-state index contributed by atoms with van der Waals surface area (Å²) in [6.07, 6.45) is 2.05. The van der Waals surface area contributed by atoms with Crippen molar-refractivity contribution in [2.75, 3.05) is 6.54 Å². The number of piperidine rings is 1. The Bertz CT molecular complexity index is 562. The fourth-order valence-electron chi connectivity index (χ4n) is 2.32. The molecule has 1 aliphatic heterocycles. The molecule has 1 saturated heterocycles. The van der Waals surface area contributed by atoms with Gasteiger partial charge in [-0.25, -0.2) is 4.79 Å². The van der Waals surface area contributed by atoms with Gasteiger partial charge in [0.1, 0.15) is 11.8 Å². The molecule has 1 fully saturated rings. The Balaban J connectivity index is 2.37. The highest BCUT2D eigenvalue weighted by Gasteiger charge is 2.33. The number of halogens is 2. The summed E-state index contributed by atoms with van der Waals surface area (Å²) < 4.78 is 1.42. The Morgan fingerprint density at radius 1 is 1.25 bits per heavy atom. The first-order valence-corrected chi connectivity index (χ1v) is 8.29. The highest BCUT2D eigenvalue weighted by atomic mass is 127. The number of nitrogens with zero attached hydrogens (tertiary/aromatic N) is 1. The van der Waals surface area contributed by atoms with Crippen LogP contribution in [0.2, 0.25) is 0 Å². The molecule has 5 nitrogen and oxygen atoms in total. The van der Waals surface area contributed by atoms with E-state index in [2.05, 4.69) is 22.6 Å². The van der Waals surface area contributed by atoms with Crippen LogP contribution in [0.3, 0.4) is 0 Å². The molecule has 1 heterocycles. The van der Waals surface area contributed by atoms with Crippen molar-refractivity contribution < 1.29 is 19.8 Å². The number of carbonyl (C=O) groups is 2. The van der Waals surface area contributed by atoms with E-state index in [1.54, 1.807) is 12.1 Å². The molecule has 0 saturated carbocycles. The number of hydrogen-bond donors (Lipinski definition) is 2. The molecule has 1 aliphatic rings. The van der Waals surface area contributed by atoms with Gasteiger partial charge in [-0.1, -0.05) is 0 Å². The molecule has 1 amide bonds. The number of likely N-dealkylation sites (tertiary alicyclic amines) is 1. The van der Waals surface area contributed by atoms with Crippen LogP contribution < -0.4 is 0 Å². The zero-order valence-corrected chi connectivity index (χ0v) is 14.8. The van der Waals surface area contributed by atoms with Gasteiger partial charge in [-0.15, -0.1) is 0 Å². The number of carbonyl (C=O) groups excluding carboxylic acids is 1. The lowest BCUT2D eigenvalue weighted by Crippen LogP contribution is -2.48. The lowest BCUT2D eigenvalue weighted by molar-refractivity contribution is -0.143. The number of carboxylic acid groups (broad SMARTS) is 1. The summed E-state index contributed by atoms with van der Waals surface area (Å²) in [5.41, 5.74) is 0.175. The van der Waals surface area contributed by atoms with Crippen LogP contribution in [-0.2, 0) is 4.79 Å². The van der Waals surface area contributed by atoms with Crippen molar-refractivity contribution in [3.05, 3.63) is 24.8 Å². The van der Waals surface area contributed by atoms with Gasteiger partial charge < -0.3 is 15.1 Å². The topological polar surface area (TPSA) is 77.8 Å². The van der Waals surface area contributed by atoms with Gasteiger partial charge in [-0.05, 0) is 76.6 Å². The maximum Gasteiger partial charge on any atom is 0.326 e. The van der Waals surface area contributed by atoms with Crippen molar-refractivity contribution in [2.24, 2.45) is 0 Å². The number of amides is 1. The highest BCUT2D eigenvalue weighted by Crippen LogP contribution is 2.30. The molecule has 2 rings (SSSR count). The van der Waals surface area contributed by atoms with E-state index in [-0.39, 0.29) is 11.3 Å². The molecular weight excluding hydrogens is 488 g/mol. The van der Waals surface area contributed by atoms with Crippen LogP contribution in [0.5, 0.6) is 5.75 Å². The number of carboxylic acids is 1. The molecule has 1 aromatic carbocycles. The third-order valence-electron chi connectivity index (χ3n) is 3.31. The minimum Gasteiger partial charge on any atom is -0.506 e. The highest BCUT2D eigenvalue weighted by molar-refractivity contribution is 14.1. The van der Waals surface area contributed by atoms with E-state index < -0.39 is 17.9 Å². The molecule has 0 aromatic heterocycles. The van der Waals surface area contributed by atoms with E-state index in [9.17, 15) is 19.8 Å². The number of aliphatic carboxylic acids is 1. The average Bonchev–Trinajstić information content (AvgIpc) is 2.42. The molecule has 1 atom stereocenters. The Kier molecular flexibility index (Phi) is 5.10. The van der Waals surface area contributed by atoms with Crippen LogP contribution in [0, 0.1) is 7.14 Å². The van der Waals surface area contributed by atoms with E-state index in [4.69, 9.17) is 0 Å². The van der Waals surface area contributed by atoms with E-state index in [0.717, 1.165) is 16.4 Å². The smallest absolute Gasteiger partial charge is 0.326 e. The van der Waals surface area contributed by atoms with Gasteiger partial charge in [-0.2, -0.15) is 0 Å². The first-order chi connectivity index (χ1) is 9.41. The molecule has 0 spiro atoms. The van der Waals surface area contributed by atoms with Crippen LogP contribution in [0.4, 0.5) is 0 Å². The zero-order valence-electron chi connectivity index (χ0n) is 10.5. The van der Waals surface area contributed by atoms with Crippen molar-refractivity contribution >= 4 is 57.1 Å². The second-order valence-electron chi connectivity index (χ2n) is 4.63. The second-order valence-corrected chi connectivity index (χ2v) is 7.04. The van der Waals surface area contributed by atoms with Crippen molar-refractivity contribution in [1.29, 1.82) is 0 Å². The molecule has 0 radical (unpaired) electrons. The van der Waals surface area contributed by atoms with Crippen LogP contribution in [-0.4, -0.2) is 39.6 Å². The SMILES string of the molecule is O=C(O)[C@H]1CCCCN1C(=O)c1cc(I)cc(I)c1O. The lowest BCUT2D eigenvalue weighted by atomic mass is 10.0. The van der Waals surface area contributed by atoms with E-state index >= 15 is 0 Å².